The lowest BCUT2D eigenvalue weighted by Crippen LogP contribution is -2.48. The fraction of sp³-hybridized carbons (Fsp3) is 0.444. The third-order valence-electron chi connectivity index (χ3n) is 10.7. The molecule has 0 saturated carbocycles. The van der Waals surface area contributed by atoms with Crippen LogP contribution in [0.5, 0.6) is 0 Å². The number of piperazine rings is 1. The van der Waals surface area contributed by atoms with Gasteiger partial charge >= 0.3 is 12.1 Å². The summed E-state index contributed by atoms with van der Waals surface area (Å²) in [4.78, 5) is 59.2. The molecule has 21 heteroatoms. The fourth-order valence-electron chi connectivity index (χ4n) is 7.42. The molecule has 1 aromatic heterocycles. The van der Waals surface area contributed by atoms with Crippen molar-refractivity contribution in [1.29, 1.82) is 0 Å². The Hall–Kier alpha value is -6.03. The highest BCUT2D eigenvalue weighted by Crippen LogP contribution is 2.37. The van der Waals surface area contributed by atoms with E-state index in [1.165, 1.54) is 71.4 Å². The first kappa shape index (κ1) is 49.4. The van der Waals surface area contributed by atoms with Gasteiger partial charge in [0.25, 0.3) is 5.91 Å². The van der Waals surface area contributed by atoms with Gasteiger partial charge in [-0.15, -0.1) is 5.10 Å². The molecule has 2 atom stereocenters. The number of tetrazole rings is 1. The highest BCUT2D eigenvalue weighted by molar-refractivity contribution is 6.31. The Morgan fingerprint density at radius 1 is 0.879 bits per heavy atom. The molecule has 1 N–H and O–H groups in total. The molecule has 3 aromatic carbocycles. The third-order valence-corrected chi connectivity index (χ3v) is 10.9. The number of amides is 2. The molecule has 2 unspecified atom stereocenters. The van der Waals surface area contributed by atoms with Crippen LogP contribution in [0.15, 0.2) is 67.0 Å². The maximum atomic E-state index is 15.5. The molecule has 4 aromatic rings. The van der Waals surface area contributed by atoms with E-state index >= 15 is 4.39 Å². The molecule has 2 aliphatic heterocycles. The molecular formula is C45H54ClFN8O11. The lowest BCUT2D eigenvalue weighted by molar-refractivity contribution is -0.135. The van der Waals surface area contributed by atoms with Crippen molar-refractivity contribution >= 4 is 53.0 Å². The number of fused-ring (bicyclic) bond motifs is 1. The monoisotopic (exact) mass is 936 g/mol. The largest absolute Gasteiger partial charge is 0.511 e. The van der Waals surface area contributed by atoms with Crippen LogP contribution in [0.2, 0.25) is 5.02 Å². The van der Waals surface area contributed by atoms with Gasteiger partial charge in [0.1, 0.15) is 12.4 Å². The van der Waals surface area contributed by atoms with E-state index < -0.39 is 42.1 Å². The Labute approximate surface area is 386 Å². The van der Waals surface area contributed by atoms with Crippen molar-refractivity contribution in [3.63, 3.8) is 0 Å². The second-order valence-electron chi connectivity index (χ2n) is 14.9. The molecule has 2 amide bonds. The normalized spacial score (nSPS) is 15.6. The van der Waals surface area contributed by atoms with E-state index in [0.717, 1.165) is 44.0 Å². The molecule has 66 heavy (non-hydrogen) atoms. The zero-order valence-electron chi connectivity index (χ0n) is 37.1. The van der Waals surface area contributed by atoms with Crippen LogP contribution in [0.25, 0.3) is 11.8 Å². The number of aromatic nitrogens is 4. The van der Waals surface area contributed by atoms with Crippen LogP contribution in [0.1, 0.15) is 46.9 Å². The molecule has 354 valence electrons. The predicted octanol–water partition coefficient (Wildman–Crippen LogP) is 4.73. The van der Waals surface area contributed by atoms with Crippen LogP contribution in [-0.2, 0) is 49.2 Å². The van der Waals surface area contributed by atoms with Gasteiger partial charge in [-0.2, -0.15) is 4.68 Å². The van der Waals surface area contributed by atoms with Gasteiger partial charge in [-0.05, 0) is 83.4 Å². The number of benzene rings is 3. The Morgan fingerprint density at radius 2 is 1.59 bits per heavy atom. The summed E-state index contributed by atoms with van der Waals surface area (Å²) in [6.45, 7) is 10.7. The standard InChI is InChI=1S/C45H54ClFN8O11/c1-4-64-45(59)66-31(2)65-44(58)32-8-10-33(11-9-32)49-43(57)42-35-6-5-7-38(53-20-18-52(19-21-53)22-23-61-26-27-63-29-28-62-25-24-60-3)34(35)16-17-54(42)40(56)15-12-36-39(55-30-48-50-51-55)14-13-37(46)41(36)47/h5-15,30-31,42H,4,16-29H2,1-3H3,(H,49,57)/b15-12+. The number of rotatable bonds is 22. The lowest BCUT2D eigenvalue weighted by Gasteiger charge is -2.40. The molecule has 19 nitrogen and oxygen atoms in total. The summed E-state index contributed by atoms with van der Waals surface area (Å²) >= 11 is 6.15. The molecule has 0 spiro atoms. The van der Waals surface area contributed by atoms with Crippen molar-refractivity contribution < 1.29 is 56.7 Å². The van der Waals surface area contributed by atoms with E-state index in [0.29, 0.717) is 63.9 Å². The Bertz CT molecular complexity index is 2260. The first-order chi connectivity index (χ1) is 32.1. The van der Waals surface area contributed by atoms with Crippen LogP contribution in [0.4, 0.5) is 20.6 Å². The molecule has 1 fully saturated rings. The van der Waals surface area contributed by atoms with E-state index in [9.17, 15) is 19.2 Å². The quantitative estimate of drug-likeness (QED) is 0.0491. The number of ether oxygens (including phenoxy) is 7. The third kappa shape index (κ3) is 13.5. The number of nitrogens with one attached hydrogen (secondary N) is 1. The van der Waals surface area contributed by atoms with Crippen LogP contribution < -0.4 is 10.2 Å². The fourth-order valence-corrected chi connectivity index (χ4v) is 7.59. The van der Waals surface area contributed by atoms with Gasteiger partial charge in [0.15, 0.2) is 5.82 Å². The summed E-state index contributed by atoms with van der Waals surface area (Å²) in [6, 6.07) is 13.4. The van der Waals surface area contributed by atoms with Gasteiger partial charge in [0, 0.05) is 76.3 Å². The Morgan fingerprint density at radius 3 is 2.27 bits per heavy atom. The minimum Gasteiger partial charge on any atom is -0.435 e. The number of hydrogen-bond acceptors (Lipinski definition) is 16. The minimum atomic E-state index is -1.21. The summed E-state index contributed by atoms with van der Waals surface area (Å²) in [6.07, 6.45) is 2.03. The van der Waals surface area contributed by atoms with Gasteiger partial charge in [0.2, 0.25) is 12.2 Å². The molecule has 0 bridgehead atoms. The number of esters is 1. The SMILES string of the molecule is CCOC(=O)OC(C)OC(=O)c1ccc(NC(=O)C2c3cccc(N4CCN(CCOCCOCCOCCOC)CC4)c3CCN2C(=O)/C=C/c2c(-n3cnnn3)ccc(Cl)c2F)cc1. The van der Waals surface area contributed by atoms with Crippen LogP contribution in [-0.4, -0.2) is 159 Å². The molecule has 1 saturated heterocycles. The smallest absolute Gasteiger partial charge is 0.435 e. The average Bonchev–Trinajstić information content (AvgIpc) is 3.86. The van der Waals surface area contributed by atoms with Crippen molar-refractivity contribution in [3.8, 4) is 5.69 Å². The van der Waals surface area contributed by atoms with Gasteiger partial charge in [0.05, 0.1) is 69.1 Å². The van der Waals surface area contributed by atoms with Crippen LogP contribution >= 0.6 is 11.6 Å². The number of nitrogens with zero attached hydrogens (tertiary/aromatic N) is 7. The molecule has 3 heterocycles. The minimum absolute atomic E-state index is 0.0281. The summed E-state index contributed by atoms with van der Waals surface area (Å²) in [5.74, 6) is -2.62. The number of anilines is 2. The van der Waals surface area contributed by atoms with E-state index in [2.05, 4.69) is 30.6 Å². The lowest BCUT2D eigenvalue weighted by atomic mass is 9.89. The second-order valence-corrected chi connectivity index (χ2v) is 15.3. The van der Waals surface area contributed by atoms with E-state index in [1.807, 2.05) is 18.2 Å². The van der Waals surface area contributed by atoms with Gasteiger partial charge in [-0.1, -0.05) is 23.7 Å². The number of carbonyl (C=O) groups is 4. The number of hydrogen-bond donors (Lipinski definition) is 1. The molecule has 0 radical (unpaired) electrons. The van der Waals surface area contributed by atoms with E-state index in [4.69, 9.17) is 44.8 Å². The van der Waals surface area contributed by atoms with Gasteiger partial charge in [-0.25, -0.2) is 14.0 Å². The maximum absolute atomic E-state index is 15.5. The first-order valence-corrected chi connectivity index (χ1v) is 21.9. The summed E-state index contributed by atoms with van der Waals surface area (Å²) in [5, 5.41) is 13.9. The molecule has 6 rings (SSSR count). The summed E-state index contributed by atoms with van der Waals surface area (Å²) in [5.41, 5.74) is 3.23. The zero-order valence-corrected chi connectivity index (χ0v) is 37.8. The summed E-state index contributed by atoms with van der Waals surface area (Å²) in [7, 11) is 1.63. The number of carbonyl (C=O) groups excluding carboxylic acids is 4. The number of halogens is 2. The first-order valence-electron chi connectivity index (χ1n) is 21.5. The highest BCUT2D eigenvalue weighted by atomic mass is 35.5. The highest BCUT2D eigenvalue weighted by Gasteiger charge is 2.37. The van der Waals surface area contributed by atoms with Crippen LogP contribution in [0.3, 0.4) is 0 Å². The molecule has 2 aliphatic rings. The van der Waals surface area contributed by atoms with E-state index in [1.54, 1.807) is 14.0 Å². The predicted molar refractivity (Wildman–Crippen MR) is 239 cm³/mol. The topological polar surface area (TPSA) is 198 Å². The van der Waals surface area contributed by atoms with E-state index in [-0.39, 0.29) is 35.0 Å². The van der Waals surface area contributed by atoms with Crippen molar-refractivity contribution in [2.45, 2.75) is 32.6 Å². The number of methoxy groups -OCH3 is 1. The maximum Gasteiger partial charge on any atom is 0.511 e. The second kappa shape index (κ2) is 25.0. The molecule has 0 aliphatic carbocycles. The zero-order chi connectivity index (χ0) is 46.8. The van der Waals surface area contributed by atoms with Crippen LogP contribution in [0, 0.1) is 5.82 Å². The summed E-state index contributed by atoms with van der Waals surface area (Å²) < 4.78 is 53.3. The Balaban J connectivity index is 1.15. The Kier molecular flexibility index (Phi) is 18.7. The van der Waals surface area contributed by atoms with Gasteiger partial charge < -0.3 is 48.3 Å². The average molecular weight is 937 g/mol. The van der Waals surface area contributed by atoms with Crippen molar-refractivity contribution in [2.75, 3.05) is 109 Å². The van der Waals surface area contributed by atoms with Gasteiger partial charge in [-0.3, -0.25) is 14.5 Å². The molecular weight excluding hydrogens is 883 g/mol. The van der Waals surface area contributed by atoms with Crippen molar-refractivity contribution in [2.24, 2.45) is 0 Å². The van der Waals surface area contributed by atoms with Crippen molar-refractivity contribution in [3.05, 3.63) is 100 Å². The van der Waals surface area contributed by atoms with Crippen molar-refractivity contribution in [1.82, 2.24) is 30.0 Å².